The molecule has 96 valence electrons. The molecule has 0 aliphatic carbocycles. The van der Waals surface area contributed by atoms with Gasteiger partial charge in [-0.05, 0) is 53.9 Å². The molecule has 5 nitrogen and oxygen atoms in total. The summed E-state index contributed by atoms with van der Waals surface area (Å²) in [6.07, 6.45) is 0.752. The van der Waals surface area contributed by atoms with Crippen LogP contribution < -0.4 is 5.32 Å². The average Bonchev–Trinajstić information content (AvgIpc) is 2.89. The second-order valence-corrected chi connectivity index (χ2v) is 4.80. The number of rotatable bonds is 4. The van der Waals surface area contributed by atoms with E-state index in [2.05, 4.69) is 31.4 Å². The van der Waals surface area contributed by atoms with Gasteiger partial charge in [0.25, 0.3) is 5.91 Å². The summed E-state index contributed by atoms with van der Waals surface area (Å²) in [6, 6.07) is 3.33. The summed E-state index contributed by atoms with van der Waals surface area (Å²) in [5.74, 6) is 0.0991. The quantitative estimate of drug-likeness (QED) is 0.910. The van der Waals surface area contributed by atoms with Crippen molar-refractivity contribution < 1.29 is 9.21 Å². The molecule has 2 rings (SSSR count). The van der Waals surface area contributed by atoms with Crippen LogP contribution in [-0.2, 0) is 6.42 Å². The molecule has 0 aliphatic rings. The SMILES string of the molecule is Cc1n[nH]c(C)c1CCNC(=O)c1ccc(Br)o1. The molecule has 0 saturated carbocycles. The molecule has 2 heterocycles. The van der Waals surface area contributed by atoms with Crippen LogP contribution in [0.25, 0.3) is 0 Å². The smallest absolute Gasteiger partial charge is 0.287 e. The molecule has 2 N–H and O–H groups in total. The van der Waals surface area contributed by atoms with Crippen molar-refractivity contribution in [3.8, 4) is 0 Å². The van der Waals surface area contributed by atoms with Gasteiger partial charge in [-0.2, -0.15) is 5.10 Å². The van der Waals surface area contributed by atoms with Crippen molar-refractivity contribution in [3.63, 3.8) is 0 Å². The van der Waals surface area contributed by atoms with Crippen LogP contribution in [0.3, 0.4) is 0 Å². The molecule has 0 unspecified atom stereocenters. The fourth-order valence-electron chi connectivity index (χ4n) is 1.77. The number of halogens is 1. The molecule has 0 bridgehead atoms. The number of hydrogen-bond acceptors (Lipinski definition) is 3. The number of aromatic amines is 1. The van der Waals surface area contributed by atoms with Crippen LogP contribution in [0.1, 0.15) is 27.5 Å². The molecule has 0 spiro atoms. The third-order valence-corrected chi connectivity index (χ3v) is 3.16. The van der Waals surface area contributed by atoms with Gasteiger partial charge >= 0.3 is 0 Å². The number of furan rings is 1. The molecule has 0 aromatic carbocycles. The maximum atomic E-state index is 11.7. The fraction of sp³-hybridized carbons (Fsp3) is 0.333. The van der Waals surface area contributed by atoms with Crippen LogP contribution in [-0.4, -0.2) is 22.6 Å². The van der Waals surface area contributed by atoms with Gasteiger partial charge in [-0.3, -0.25) is 9.89 Å². The van der Waals surface area contributed by atoms with Gasteiger partial charge in [-0.15, -0.1) is 0 Å². The van der Waals surface area contributed by atoms with Crippen LogP contribution in [0.15, 0.2) is 21.2 Å². The second kappa shape index (κ2) is 5.39. The lowest BCUT2D eigenvalue weighted by Gasteiger charge is -2.03. The zero-order chi connectivity index (χ0) is 13.1. The van der Waals surface area contributed by atoms with E-state index in [4.69, 9.17) is 4.42 Å². The van der Waals surface area contributed by atoms with Gasteiger partial charge in [-0.25, -0.2) is 0 Å². The van der Waals surface area contributed by atoms with E-state index in [1.807, 2.05) is 13.8 Å². The Bertz CT molecular complexity index is 540. The molecular weight excluding hydrogens is 298 g/mol. The lowest BCUT2D eigenvalue weighted by atomic mass is 10.1. The van der Waals surface area contributed by atoms with Gasteiger partial charge in [0, 0.05) is 12.2 Å². The Morgan fingerprint density at radius 1 is 1.50 bits per heavy atom. The normalized spacial score (nSPS) is 10.6. The number of H-pyrrole nitrogens is 1. The van der Waals surface area contributed by atoms with Crippen molar-refractivity contribution in [2.45, 2.75) is 20.3 Å². The average molecular weight is 312 g/mol. The summed E-state index contributed by atoms with van der Waals surface area (Å²) in [5.41, 5.74) is 3.17. The minimum atomic E-state index is -0.209. The highest BCUT2D eigenvalue weighted by Gasteiger charge is 2.11. The lowest BCUT2D eigenvalue weighted by molar-refractivity contribution is 0.0925. The Morgan fingerprint density at radius 2 is 2.28 bits per heavy atom. The number of nitrogens with one attached hydrogen (secondary N) is 2. The van der Waals surface area contributed by atoms with Crippen molar-refractivity contribution in [3.05, 3.63) is 39.5 Å². The summed E-state index contributed by atoms with van der Waals surface area (Å²) in [6.45, 7) is 4.48. The summed E-state index contributed by atoms with van der Waals surface area (Å²) in [4.78, 5) is 11.7. The van der Waals surface area contributed by atoms with E-state index in [0.717, 1.165) is 23.4 Å². The highest BCUT2D eigenvalue weighted by atomic mass is 79.9. The molecule has 2 aromatic rings. The number of amides is 1. The standard InChI is InChI=1S/C12H14BrN3O2/c1-7-9(8(2)16-15-7)5-6-14-12(17)10-3-4-11(13)18-10/h3-4H,5-6H2,1-2H3,(H,14,17)(H,15,16). The van der Waals surface area contributed by atoms with Crippen molar-refractivity contribution in [1.29, 1.82) is 0 Å². The van der Waals surface area contributed by atoms with E-state index in [1.54, 1.807) is 12.1 Å². The third-order valence-electron chi connectivity index (χ3n) is 2.74. The fourth-order valence-corrected chi connectivity index (χ4v) is 2.07. The Hall–Kier alpha value is -1.56. The summed E-state index contributed by atoms with van der Waals surface area (Å²) in [5, 5.41) is 9.85. The lowest BCUT2D eigenvalue weighted by Crippen LogP contribution is -2.25. The van der Waals surface area contributed by atoms with Crippen LogP contribution in [0.5, 0.6) is 0 Å². The van der Waals surface area contributed by atoms with E-state index in [9.17, 15) is 4.79 Å². The van der Waals surface area contributed by atoms with Gasteiger partial charge in [0.15, 0.2) is 10.4 Å². The Kier molecular flexibility index (Phi) is 3.86. The van der Waals surface area contributed by atoms with E-state index in [0.29, 0.717) is 17.0 Å². The Morgan fingerprint density at radius 3 is 2.83 bits per heavy atom. The molecule has 0 radical (unpaired) electrons. The van der Waals surface area contributed by atoms with Crippen molar-refractivity contribution in [1.82, 2.24) is 15.5 Å². The van der Waals surface area contributed by atoms with Gasteiger partial charge in [0.1, 0.15) is 0 Å². The summed E-state index contributed by atoms with van der Waals surface area (Å²) in [7, 11) is 0. The van der Waals surface area contributed by atoms with Gasteiger partial charge in [0.05, 0.1) is 5.69 Å². The van der Waals surface area contributed by atoms with Gasteiger partial charge in [0.2, 0.25) is 0 Å². The van der Waals surface area contributed by atoms with Crippen molar-refractivity contribution >= 4 is 21.8 Å². The molecule has 18 heavy (non-hydrogen) atoms. The van der Waals surface area contributed by atoms with E-state index in [1.165, 1.54) is 0 Å². The number of carbonyl (C=O) groups excluding carboxylic acids is 1. The molecular formula is C12H14BrN3O2. The van der Waals surface area contributed by atoms with Crippen LogP contribution in [0.4, 0.5) is 0 Å². The maximum Gasteiger partial charge on any atom is 0.287 e. The first-order valence-electron chi connectivity index (χ1n) is 5.62. The van der Waals surface area contributed by atoms with E-state index < -0.39 is 0 Å². The minimum Gasteiger partial charge on any atom is -0.444 e. The molecule has 0 fully saturated rings. The first-order chi connectivity index (χ1) is 8.58. The highest BCUT2D eigenvalue weighted by molar-refractivity contribution is 9.10. The summed E-state index contributed by atoms with van der Waals surface area (Å²) < 4.78 is 5.72. The zero-order valence-electron chi connectivity index (χ0n) is 10.2. The van der Waals surface area contributed by atoms with Crippen molar-refractivity contribution in [2.75, 3.05) is 6.54 Å². The molecule has 2 aromatic heterocycles. The monoisotopic (exact) mass is 311 g/mol. The largest absolute Gasteiger partial charge is 0.444 e. The first kappa shape index (κ1) is 12.9. The molecule has 0 saturated heterocycles. The number of nitrogens with zero attached hydrogens (tertiary/aromatic N) is 1. The first-order valence-corrected chi connectivity index (χ1v) is 6.41. The zero-order valence-corrected chi connectivity index (χ0v) is 11.8. The predicted molar refractivity (Wildman–Crippen MR) is 70.5 cm³/mol. The highest BCUT2D eigenvalue weighted by Crippen LogP contribution is 2.14. The van der Waals surface area contributed by atoms with Crippen LogP contribution in [0.2, 0.25) is 0 Å². The maximum absolute atomic E-state index is 11.7. The molecule has 6 heteroatoms. The topological polar surface area (TPSA) is 70.9 Å². The predicted octanol–water partition coefficient (Wildman–Crippen LogP) is 2.35. The number of carbonyl (C=O) groups is 1. The van der Waals surface area contributed by atoms with Gasteiger partial charge in [-0.1, -0.05) is 0 Å². The molecule has 0 atom stereocenters. The molecule has 0 aliphatic heterocycles. The van der Waals surface area contributed by atoms with E-state index in [-0.39, 0.29) is 5.91 Å². The number of hydrogen-bond donors (Lipinski definition) is 2. The molecule has 1 amide bonds. The second-order valence-electron chi connectivity index (χ2n) is 4.02. The minimum absolute atomic E-state index is 0.209. The number of aromatic nitrogens is 2. The van der Waals surface area contributed by atoms with Gasteiger partial charge < -0.3 is 9.73 Å². The third kappa shape index (κ3) is 2.81. The Balaban J connectivity index is 1.88. The van der Waals surface area contributed by atoms with Crippen LogP contribution >= 0.6 is 15.9 Å². The Labute approximate surface area is 113 Å². The number of aryl methyl sites for hydroxylation is 2. The van der Waals surface area contributed by atoms with E-state index >= 15 is 0 Å². The summed E-state index contributed by atoms with van der Waals surface area (Å²) >= 11 is 3.16. The van der Waals surface area contributed by atoms with Crippen LogP contribution in [0, 0.1) is 13.8 Å². The van der Waals surface area contributed by atoms with Crippen molar-refractivity contribution in [2.24, 2.45) is 0 Å².